The summed E-state index contributed by atoms with van der Waals surface area (Å²) in [6.45, 7) is 11.4. The van der Waals surface area contributed by atoms with Gasteiger partial charge in [-0.2, -0.15) is 0 Å². The Kier molecular flexibility index (Phi) is 11.2. The number of carbonyl (C=O) groups excluding carboxylic acids is 1. The zero-order chi connectivity index (χ0) is 31.1. The first-order chi connectivity index (χ1) is 21.5. The fraction of sp³-hybridized carbons (Fsp3) is 0.703. The van der Waals surface area contributed by atoms with Gasteiger partial charge in [-0.05, 0) is 62.5 Å². The summed E-state index contributed by atoms with van der Waals surface area (Å²) >= 11 is 0. The Bertz CT molecular complexity index is 1270. The van der Waals surface area contributed by atoms with E-state index in [1.54, 1.807) is 14.2 Å². The number of nitrogens with one attached hydrogen (secondary N) is 1. The molecule has 3 fully saturated rings. The van der Waals surface area contributed by atoms with Gasteiger partial charge in [0.2, 0.25) is 0 Å². The summed E-state index contributed by atoms with van der Waals surface area (Å²) < 4.78 is 23.4. The van der Waals surface area contributed by atoms with Gasteiger partial charge in [-0.1, -0.05) is 64.9 Å². The maximum Gasteiger partial charge on any atom is 0.319 e. The van der Waals surface area contributed by atoms with E-state index in [0.29, 0.717) is 36.5 Å². The molecule has 7 heteroatoms. The van der Waals surface area contributed by atoms with E-state index in [1.807, 2.05) is 13.0 Å². The molecule has 1 saturated carbocycles. The molecule has 1 aliphatic carbocycles. The average Bonchev–Trinajstić information content (AvgIpc) is 3.35. The molecule has 2 aromatic rings. The van der Waals surface area contributed by atoms with Gasteiger partial charge in [-0.15, -0.1) is 0 Å². The van der Waals surface area contributed by atoms with Crippen molar-refractivity contribution in [3.63, 3.8) is 0 Å². The monoisotopic (exact) mass is 608 g/mol. The number of unbranched alkanes of at least 4 members (excludes halogenated alkanes) is 8. The molecule has 4 heterocycles. The number of hydrogen-bond acceptors (Lipinski definition) is 6. The Hall–Kier alpha value is -2.67. The van der Waals surface area contributed by atoms with Crippen molar-refractivity contribution in [3.05, 3.63) is 35.7 Å². The van der Waals surface area contributed by atoms with Crippen molar-refractivity contribution in [3.8, 4) is 11.5 Å². The normalized spacial score (nSPS) is 25.4. The van der Waals surface area contributed by atoms with Crippen LogP contribution in [0.25, 0.3) is 10.9 Å². The summed E-state index contributed by atoms with van der Waals surface area (Å²) in [6.07, 6.45) is 16.6. The molecule has 1 aromatic carbocycles. The fourth-order valence-electron chi connectivity index (χ4n) is 8.67. The van der Waals surface area contributed by atoms with E-state index in [9.17, 15) is 4.79 Å². The molecular formula is C37H56N2O5. The zero-order valence-corrected chi connectivity index (χ0v) is 27.8. The number of allylic oxidation sites excluding steroid dienone is 1. The highest BCUT2D eigenvalue weighted by Gasteiger charge is 2.63. The Balaban J connectivity index is 1.27. The van der Waals surface area contributed by atoms with Crippen molar-refractivity contribution < 1.29 is 23.7 Å². The summed E-state index contributed by atoms with van der Waals surface area (Å²) in [5, 5.41) is 1.11. The van der Waals surface area contributed by atoms with E-state index in [2.05, 4.69) is 29.5 Å². The van der Waals surface area contributed by atoms with Crippen LogP contribution < -0.4 is 9.47 Å². The molecular weight excluding hydrogens is 552 g/mol. The average molecular weight is 609 g/mol. The lowest BCUT2D eigenvalue weighted by Crippen LogP contribution is -2.67. The van der Waals surface area contributed by atoms with Gasteiger partial charge in [0.25, 0.3) is 0 Å². The Morgan fingerprint density at radius 1 is 1.00 bits per heavy atom. The highest BCUT2D eigenvalue weighted by molar-refractivity contribution is 5.93. The molecule has 7 nitrogen and oxygen atoms in total. The first-order valence-electron chi connectivity index (χ1n) is 17.5. The summed E-state index contributed by atoms with van der Waals surface area (Å²) in [5.41, 5.74) is 2.52. The van der Waals surface area contributed by atoms with E-state index in [0.717, 1.165) is 74.0 Å². The lowest BCUT2D eigenvalue weighted by atomic mass is 9.56. The number of piperidine rings is 2. The van der Waals surface area contributed by atoms with Gasteiger partial charge in [-0.25, -0.2) is 0 Å². The minimum Gasteiger partial charge on any atom is -0.499 e. The molecule has 0 spiro atoms. The second-order valence-corrected chi connectivity index (χ2v) is 13.4. The number of hydrogen-bond donors (Lipinski definition) is 1. The summed E-state index contributed by atoms with van der Waals surface area (Å²) in [7, 11) is 3.33. The first-order valence-corrected chi connectivity index (χ1v) is 17.5. The van der Waals surface area contributed by atoms with E-state index in [4.69, 9.17) is 18.9 Å². The number of ether oxygens (including phenoxy) is 4. The lowest BCUT2D eigenvalue weighted by Gasteiger charge is -2.58. The van der Waals surface area contributed by atoms with Crippen molar-refractivity contribution in [2.24, 2.45) is 11.8 Å². The van der Waals surface area contributed by atoms with Gasteiger partial charge in [0.1, 0.15) is 5.41 Å². The molecule has 0 radical (unpaired) electrons. The number of fused-ring (bicyclic) bond motifs is 4. The predicted octanol–water partition coefficient (Wildman–Crippen LogP) is 8.09. The van der Waals surface area contributed by atoms with Crippen LogP contribution in [0.3, 0.4) is 0 Å². The zero-order valence-electron chi connectivity index (χ0n) is 27.8. The number of esters is 1. The lowest BCUT2D eigenvalue weighted by molar-refractivity contribution is -0.165. The number of H-pyrrole nitrogens is 1. The third kappa shape index (κ3) is 6.63. The topological polar surface area (TPSA) is 73.0 Å². The number of methoxy groups -OCH3 is 2. The molecule has 3 aliphatic heterocycles. The van der Waals surface area contributed by atoms with Crippen molar-refractivity contribution in [1.29, 1.82) is 0 Å². The molecule has 4 unspecified atom stereocenters. The van der Waals surface area contributed by atoms with Gasteiger partial charge < -0.3 is 23.9 Å². The van der Waals surface area contributed by atoms with Crippen LogP contribution in [0.5, 0.6) is 11.5 Å². The Morgan fingerprint density at radius 3 is 2.41 bits per heavy atom. The van der Waals surface area contributed by atoms with Gasteiger partial charge in [0, 0.05) is 48.2 Å². The number of aromatic nitrogens is 1. The van der Waals surface area contributed by atoms with Crippen LogP contribution in [0.4, 0.5) is 0 Å². The van der Waals surface area contributed by atoms with E-state index in [-0.39, 0.29) is 12.0 Å². The largest absolute Gasteiger partial charge is 0.499 e. The highest BCUT2D eigenvalue weighted by atomic mass is 16.5. The Morgan fingerprint density at radius 2 is 1.70 bits per heavy atom. The van der Waals surface area contributed by atoms with Crippen LogP contribution in [-0.4, -0.2) is 62.4 Å². The van der Waals surface area contributed by atoms with Crippen LogP contribution in [0.2, 0.25) is 0 Å². The highest BCUT2D eigenvalue weighted by Crippen LogP contribution is 2.56. The second kappa shape index (κ2) is 15.1. The predicted molar refractivity (Wildman–Crippen MR) is 177 cm³/mol. The molecule has 4 aliphatic rings. The van der Waals surface area contributed by atoms with Crippen LogP contribution in [-0.2, 0) is 26.1 Å². The molecule has 44 heavy (non-hydrogen) atoms. The maximum atomic E-state index is 14.2. The van der Waals surface area contributed by atoms with Crippen molar-refractivity contribution in [1.82, 2.24) is 9.88 Å². The molecule has 2 saturated heterocycles. The number of aromatic amines is 1. The molecule has 5 atom stereocenters. The standard InChI is InChI=1S/C37H56N2O5/c1-6-8-9-10-11-12-13-14-15-16-26(3)44-20-18-28-21-27-24-37(36(40)43-7-2)34-29(17-19-39(25-27)35(28)37)30-22-32(41-4)33(42-5)23-31(30)38-34/h22-23,27-28,35,38H,3,6-21,24-25H2,1-2,4-5H3/t27-,28?,35?,37?/m0/s1. The van der Waals surface area contributed by atoms with Crippen molar-refractivity contribution >= 4 is 16.9 Å². The SMILES string of the molecule is C=C(CCCCCCCCCCC)OCCC1C[C@@H]2CN3CCc4c([nH]c5cc(OC)c(OC)cc45)C(C(=O)OCC)(C2)C13. The van der Waals surface area contributed by atoms with Crippen LogP contribution in [0.1, 0.15) is 109 Å². The second-order valence-electron chi connectivity index (χ2n) is 13.4. The van der Waals surface area contributed by atoms with E-state index >= 15 is 0 Å². The van der Waals surface area contributed by atoms with E-state index in [1.165, 1.54) is 56.9 Å². The molecule has 4 bridgehead atoms. The molecule has 244 valence electrons. The van der Waals surface area contributed by atoms with Gasteiger partial charge >= 0.3 is 5.97 Å². The fourth-order valence-corrected chi connectivity index (χ4v) is 8.67. The smallest absolute Gasteiger partial charge is 0.319 e. The van der Waals surface area contributed by atoms with Gasteiger partial charge in [0.05, 0.1) is 33.2 Å². The number of nitrogens with zero attached hydrogens (tertiary/aromatic N) is 1. The number of carbonyl (C=O) groups is 1. The quantitative estimate of drug-likeness (QED) is 0.105. The van der Waals surface area contributed by atoms with Crippen LogP contribution >= 0.6 is 0 Å². The molecule has 6 rings (SSSR count). The summed E-state index contributed by atoms with van der Waals surface area (Å²) in [4.78, 5) is 20.5. The third-order valence-corrected chi connectivity index (χ3v) is 10.6. The third-order valence-electron chi connectivity index (χ3n) is 10.6. The molecule has 1 aromatic heterocycles. The Labute approximate surface area is 265 Å². The van der Waals surface area contributed by atoms with Gasteiger partial charge in [0.15, 0.2) is 11.5 Å². The summed E-state index contributed by atoms with van der Waals surface area (Å²) in [5.74, 6) is 3.01. The minimum atomic E-state index is -0.722. The molecule has 1 N–H and O–H groups in total. The maximum absolute atomic E-state index is 14.2. The first kappa shape index (κ1) is 32.7. The van der Waals surface area contributed by atoms with E-state index < -0.39 is 5.41 Å². The van der Waals surface area contributed by atoms with Crippen LogP contribution in [0, 0.1) is 11.8 Å². The van der Waals surface area contributed by atoms with Crippen molar-refractivity contribution in [2.75, 3.05) is 40.5 Å². The van der Waals surface area contributed by atoms with Gasteiger partial charge in [-0.3, -0.25) is 9.69 Å². The minimum absolute atomic E-state index is 0.0823. The summed E-state index contributed by atoms with van der Waals surface area (Å²) in [6, 6.07) is 4.15. The molecule has 0 amide bonds. The van der Waals surface area contributed by atoms with Crippen molar-refractivity contribution in [2.45, 2.75) is 115 Å². The van der Waals surface area contributed by atoms with Crippen LogP contribution in [0.15, 0.2) is 24.5 Å². The number of rotatable bonds is 18. The number of benzene rings is 1.